The number of nitrogens with zero attached hydrogens (tertiary/aromatic N) is 2. The Balaban J connectivity index is 2.20. The molecule has 2 heterocycles. The van der Waals surface area contributed by atoms with E-state index in [0.717, 1.165) is 30.2 Å². The van der Waals surface area contributed by atoms with Gasteiger partial charge in [0.2, 0.25) is 0 Å². The van der Waals surface area contributed by atoms with Gasteiger partial charge < -0.3 is 10.2 Å². The second-order valence-electron chi connectivity index (χ2n) is 4.14. The van der Waals surface area contributed by atoms with Gasteiger partial charge in [-0.3, -0.25) is 0 Å². The molecule has 2 rings (SSSR count). The molecule has 88 valence electrons. The van der Waals surface area contributed by atoms with E-state index in [2.05, 4.69) is 17.2 Å². The molecule has 2 amide bonds. The maximum atomic E-state index is 11.7. The van der Waals surface area contributed by atoms with Gasteiger partial charge in [-0.1, -0.05) is 0 Å². The van der Waals surface area contributed by atoms with Gasteiger partial charge in [-0.15, -0.1) is 11.3 Å². The first-order chi connectivity index (χ1) is 7.59. The summed E-state index contributed by atoms with van der Waals surface area (Å²) < 4.78 is 0. The van der Waals surface area contributed by atoms with E-state index in [4.69, 9.17) is 0 Å². The minimum Gasteiger partial charge on any atom is -0.338 e. The zero-order valence-corrected chi connectivity index (χ0v) is 10.7. The lowest BCUT2D eigenvalue weighted by atomic mass is 10.2. The number of carbonyl (C=O) groups excluding carboxylic acids is 1. The Morgan fingerprint density at radius 3 is 2.81 bits per heavy atom. The van der Waals surface area contributed by atoms with E-state index in [1.54, 1.807) is 11.3 Å². The maximum absolute atomic E-state index is 11.7. The monoisotopic (exact) mass is 239 g/mol. The van der Waals surface area contributed by atoms with Gasteiger partial charge in [0.25, 0.3) is 0 Å². The molecule has 0 spiro atoms. The van der Waals surface area contributed by atoms with Gasteiger partial charge in [-0.25, -0.2) is 9.78 Å². The fourth-order valence-corrected chi connectivity index (χ4v) is 3.09. The second kappa shape index (κ2) is 4.41. The van der Waals surface area contributed by atoms with Crippen molar-refractivity contribution in [1.82, 2.24) is 15.2 Å². The average molecular weight is 239 g/mol. The van der Waals surface area contributed by atoms with Crippen LogP contribution >= 0.6 is 11.3 Å². The fourth-order valence-electron chi connectivity index (χ4n) is 2.09. The van der Waals surface area contributed by atoms with Crippen molar-refractivity contribution in [3.05, 3.63) is 15.6 Å². The smallest absolute Gasteiger partial charge is 0.317 e. The number of aromatic nitrogens is 1. The van der Waals surface area contributed by atoms with Crippen LogP contribution in [0.4, 0.5) is 4.79 Å². The summed E-state index contributed by atoms with van der Waals surface area (Å²) in [5.41, 5.74) is 1.05. The Labute approximate surface area is 99.7 Å². The first-order valence-electron chi connectivity index (χ1n) is 5.58. The van der Waals surface area contributed by atoms with Crippen LogP contribution in [0.5, 0.6) is 0 Å². The number of urea groups is 1. The van der Waals surface area contributed by atoms with Crippen molar-refractivity contribution in [3.8, 4) is 0 Å². The molecule has 1 unspecified atom stereocenters. The molecule has 0 aromatic carbocycles. The van der Waals surface area contributed by atoms with Gasteiger partial charge in [0, 0.05) is 18.0 Å². The average Bonchev–Trinajstić information content (AvgIpc) is 2.58. The van der Waals surface area contributed by atoms with Crippen LogP contribution in [-0.4, -0.2) is 29.0 Å². The standard InChI is InChI=1S/C11H17N3OS/c1-7-10(16-9(3)13-7)8(2)14-6-4-5-12-11(14)15/h8H,4-6H2,1-3H3,(H,12,15). The molecule has 16 heavy (non-hydrogen) atoms. The first-order valence-corrected chi connectivity index (χ1v) is 6.39. The minimum atomic E-state index is 0.0456. The summed E-state index contributed by atoms with van der Waals surface area (Å²) in [7, 11) is 0. The van der Waals surface area contributed by atoms with Crippen molar-refractivity contribution in [1.29, 1.82) is 0 Å². The van der Waals surface area contributed by atoms with Crippen LogP contribution < -0.4 is 5.32 Å². The van der Waals surface area contributed by atoms with Crippen molar-refractivity contribution in [2.24, 2.45) is 0 Å². The fraction of sp³-hybridized carbons (Fsp3) is 0.636. The highest BCUT2D eigenvalue weighted by atomic mass is 32.1. The molecule has 4 nitrogen and oxygen atoms in total. The first kappa shape index (κ1) is 11.4. The van der Waals surface area contributed by atoms with E-state index < -0.39 is 0 Å². The minimum absolute atomic E-state index is 0.0456. The number of aryl methyl sites for hydroxylation is 2. The molecule has 1 atom stereocenters. The third kappa shape index (κ3) is 2.04. The number of amides is 2. The summed E-state index contributed by atoms with van der Waals surface area (Å²) in [6.45, 7) is 7.72. The lowest BCUT2D eigenvalue weighted by molar-refractivity contribution is 0.167. The largest absolute Gasteiger partial charge is 0.338 e. The molecule has 1 aromatic rings. The Morgan fingerprint density at radius 2 is 2.25 bits per heavy atom. The van der Waals surface area contributed by atoms with E-state index in [-0.39, 0.29) is 12.1 Å². The summed E-state index contributed by atoms with van der Waals surface area (Å²) in [6.07, 6.45) is 1.02. The van der Waals surface area contributed by atoms with E-state index in [1.165, 1.54) is 4.88 Å². The van der Waals surface area contributed by atoms with E-state index in [1.807, 2.05) is 18.7 Å². The Hall–Kier alpha value is -1.10. The van der Waals surface area contributed by atoms with Crippen LogP contribution in [-0.2, 0) is 0 Å². The van der Waals surface area contributed by atoms with Crippen LogP contribution in [0.3, 0.4) is 0 Å². The molecule has 0 aliphatic carbocycles. The van der Waals surface area contributed by atoms with Crippen molar-refractivity contribution >= 4 is 17.4 Å². The molecule has 1 aliphatic heterocycles. The van der Waals surface area contributed by atoms with Crippen LogP contribution in [0.1, 0.15) is 35.0 Å². The zero-order valence-electron chi connectivity index (χ0n) is 9.91. The highest BCUT2D eigenvalue weighted by Gasteiger charge is 2.26. The van der Waals surface area contributed by atoms with E-state index in [0.29, 0.717) is 0 Å². The number of carbonyl (C=O) groups is 1. The molecule has 1 aliphatic rings. The van der Waals surface area contributed by atoms with Gasteiger partial charge in [0.1, 0.15) is 0 Å². The molecule has 1 saturated heterocycles. The zero-order chi connectivity index (χ0) is 11.7. The molecule has 1 N–H and O–H groups in total. The summed E-state index contributed by atoms with van der Waals surface area (Å²) in [5, 5.41) is 3.95. The maximum Gasteiger partial charge on any atom is 0.317 e. The summed E-state index contributed by atoms with van der Waals surface area (Å²) in [6, 6.07) is 0.177. The SMILES string of the molecule is Cc1nc(C)c(C(C)N2CCCNC2=O)s1. The Morgan fingerprint density at radius 1 is 1.50 bits per heavy atom. The molecule has 0 saturated carbocycles. The normalized spacial score (nSPS) is 18.4. The van der Waals surface area contributed by atoms with E-state index >= 15 is 0 Å². The Bertz CT molecular complexity index is 402. The third-order valence-electron chi connectivity index (χ3n) is 2.90. The van der Waals surface area contributed by atoms with Crippen molar-refractivity contribution < 1.29 is 4.79 Å². The van der Waals surface area contributed by atoms with Crippen molar-refractivity contribution in [2.75, 3.05) is 13.1 Å². The highest BCUT2D eigenvalue weighted by molar-refractivity contribution is 7.11. The van der Waals surface area contributed by atoms with Crippen LogP contribution in [0.25, 0.3) is 0 Å². The summed E-state index contributed by atoms with van der Waals surface area (Å²) >= 11 is 1.69. The van der Waals surface area contributed by atoms with E-state index in [9.17, 15) is 4.79 Å². The molecule has 0 bridgehead atoms. The lowest BCUT2D eigenvalue weighted by Gasteiger charge is -2.32. The number of hydrogen-bond acceptors (Lipinski definition) is 3. The molecular weight excluding hydrogens is 222 g/mol. The molecule has 1 fully saturated rings. The predicted octanol–water partition coefficient (Wildman–Crippen LogP) is 2.24. The van der Waals surface area contributed by atoms with Gasteiger partial charge in [-0.05, 0) is 27.2 Å². The molecule has 1 aromatic heterocycles. The molecule has 5 heteroatoms. The van der Waals surface area contributed by atoms with Gasteiger partial charge >= 0.3 is 6.03 Å². The van der Waals surface area contributed by atoms with Crippen molar-refractivity contribution in [3.63, 3.8) is 0 Å². The second-order valence-corrected chi connectivity index (χ2v) is 5.37. The molecular formula is C11H17N3OS. The molecule has 0 radical (unpaired) electrons. The van der Waals surface area contributed by atoms with Crippen LogP contribution in [0.2, 0.25) is 0 Å². The van der Waals surface area contributed by atoms with Crippen LogP contribution in [0, 0.1) is 13.8 Å². The topological polar surface area (TPSA) is 45.2 Å². The van der Waals surface area contributed by atoms with Gasteiger partial charge in [0.15, 0.2) is 0 Å². The van der Waals surface area contributed by atoms with Crippen LogP contribution in [0.15, 0.2) is 0 Å². The third-order valence-corrected chi connectivity index (χ3v) is 4.14. The number of rotatable bonds is 2. The highest BCUT2D eigenvalue weighted by Crippen LogP contribution is 2.29. The van der Waals surface area contributed by atoms with Gasteiger partial charge in [0.05, 0.1) is 16.7 Å². The van der Waals surface area contributed by atoms with Crippen molar-refractivity contribution in [2.45, 2.75) is 33.2 Å². The van der Waals surface area contributed by atoms with Gasteiger partial charge in [-0.2, -0.15) is 0 Å². The lowest BCUT2D eigenvalue weighted by Crippen LogP contribution is -2.47. The number of hydrogen-bond donors (Lipinski definition) is 1. The predicted molar refractivity (Wildman–Crippen MR) is 64.7 cm³/mol. The number of thiazole rings is 1. The quantitative estimate of drug-likeness (QED) is 0.860. The summed E-state index contributed by atoms with van der Waals surface area (Å²) in [4.78, 5) is 19.2. The summed E-state index contributed by atoms with van der Waals surface area (Å²) in [5.74, 6) is 0. The number of nitrogens with one attached hydrogen (secondary N) is 1. The Kier molecular flexibility index (Phi) is 3.14.